The van der Waals surface area contributed by atoms with Crippen molar-refractivity contribution < 1.29 is 0 Å². The second-order valence-electron chi connectivity index (χ2n) is 3.59. The van der Waals surface area contributed by atoms with Gasteiger partial charge >= 0.3 is 0 Å². The van der Waals surface area contributed by atoms with Crippen LogP contribution < -0.4 is 5.32 Å². The van der Waals surface area contributed by atoms with E-state index in [0.717, 1.165) is 13.1 Å². The predicted octanol–water partition coefficient (Wildman–Crippen LogP) is 1.71. The van der Waals surface area contributed by atoms with Crippen LogP contribution in [0.25, 0.3) is 0 Å². The van der Waals surface area contributed by atoms with E-state index >= 15 is 0 Å². The van der Waals surface area contributed by atoms with Gasteiger partial charge in [-0.1, -0.05) is 30.3 Å². The Morgan fingerprint density at radius 2 is 2.00 bits per heavy atom. The van der Waals surface area contributed by atoms with E-state index < -0.39 is 0 Å². The zero-order valence-corrected chi connectivity index (χ0v) is 8.85. The largest absolute Gasteiger partial charge is 0.337 e. The van der Waals surface area contributed by atoms with Crippen LogP contribution in [0.1, 0.15) is 11.3 Å². The maximum Gasteiger partial charge on any atom is 0.0945 e. The van der Waals surface area contributed by atoms with E-state index in [0.29, 0.717) is 0 Å². The van der Waals surface area contributed by atoms with Crippen LogP contribution in [0.5, 0.6) is 0 Å². The Hall–Kier alpha value is -1.61. The lowest BCUT2D eigenvalue weighted by Gasteiger charge is -2.05. The van der Waals surface area contributed by atoms with E-state index in [1.807, 2.05) is 30.2 Å². The number of rotatable bonds is 4. The zero-order chi connectivity index (χ0) is 10.5. The molecule has 0 saturated carbocycles. The highest BCUT2D eigenvalue weighted by molar-refractivity contribution is 5.14. The van der Waals surface area contributed by atoms with Gasteiger partial charge in [-0.05, 0) is 5.56 Å². The fourth-order valence-corrected chi connectivity index (χ4v) is 1.49. The second-order valence-corrected chi connectivity index (χ2v) is 3.59. The highest BCUT2D eigenvalue weighted by atomic mass is 15.0. The lowest BCUT2D eigenvalue weighted by atomic mass is 10.2. The first kappa shape index (κ1) is 9.93. The summed E-state index contributed by atoms with van der Waals surface area (Å²) >= 11 is 0. The van der Waals surface area contributed by atoms with Crippen molar-refractivity contribution in [2.75, 3.05) is 0 Å². The number of hydrogen-bond acceptors (Lipinski definition) is 2. The van der Waals surface area contributed by atoms with Crippen molar-refractivity contribution in [3.63, 3.8) is 0 Å². The second kappa shape index (κ2) is 4.75. The molecule has 3 heteroatoms. The van der Waals surface area contributed by atoms with Crippen molar-refractivity contribution in [1.82, 2.24) is 14.9 Å². The van der Waals surface area contributed by atoms with E-state index in [4.69, 9.17) is 0 Å². The van der Waals surface area contributed by atoms with Gasteiger partial charge in [-0.25, -0.2) is 4.98 Å². The SMILES string of the molecule is Cn1cncc1CNCc1ccccc1. The predicted molar refractivity (Wildman–Crippen MR) is 60.2 cm³/mol. The fourth-order valence-electron chi connectivity index (χ4n) is 1.49. The lowest BCUT2D eigenvalue weighted by molar-refractivity contribution is 0.655. The Kier molecular flexibility index (Phi) is 3.15. The number of hydrogen-bond donors (Lipinski definition) is 1. The summed E-state index contributed by atoms with van der Waals surface area (Å²) in [5.41, 5.74) is 2.51. The molecule has 0 amide bonds. The van der Waals surface area contributed by atoms with Crippen LogP contribution in [-0.2, 0) is 20.1 Å². The molecule has 0 aliphatic heterocycles. The summed E-state index contributed by atoms with van der Waals surface area (Å²) in [6, 6.07) is 10.4. The Balaban J connectivity index is 1.83. The monoisotopic (exact) mass is 201 g/mol. The molecule has 0 fully saturated rings. The Morgan fingerprint density at radius 1 is 1.20 bits per heavy atom. The molecule has 0 atom stereocenters. The average molecular weight is 201 g/mol. The minimum atomic E-state index is 0.853. The Labute approximate surface area is 89.8 Å². The smallest absolute Gasteiger partial charge is 0.0945 e. The standard InChI is InChI=1S/C12H15N3/c1-15-10-14-9-12(15)8-13-7-11-5-3-2-4-6-11/h2-6,9-10,13H,7-8H2,1H3. The molecule has 0 aliphatic carbocycles. The highest BCUT2D eigenvalue weighted by Crippen LogP contribution is 1.99. The number of imidazole rings is 1. The molecule has 0 bridgehead atoms. The molecule has 2 aromatic rings. The Bertz CT molecular complexity index is 406. The van der Waals surface area contributed by atoms with E-state index in [-0.39, 0.29) is 0 Å². The summed E-state index contributed by atoms with van der Waals surface area (Å²) in [5.74, 6) is 0. The van der Waals surface area contributed by atoms with Crippen LogP contribution in [0.15, 0.2) is 42.9 Å². The maximum absolute atomic E-state index is 4.07. The lowest BCUT2D eigenvalue weighted by Crippen LogP contribution is -2.14. The minimum Gasteiger partial charge on any atom is -0.337 e. The number of benzene rings is 1. The van der Waals surface area contributed by atoms with Gasteiger partial charge in [0.2, 0.25) is 0 Å². The topological polar surface area (TPSA) is 29.9 Å². The normalized spacial score (nSPS) is 10.5. The van der Waals surface area contributed by atoms with Gasteiger partial charge in [0.05, 0.1) is 12.0 Å². The van der Waals surface area contributed by atoms with Crippen molar-refractivity contribution in [2.24, 2.45) is 7.05 Å². The molecule has 0 spiro atoms. The minimum absolute atomic E-state index is 0.853. The van der Waals surface area contributed by atoms with Gasteiger partial charge < -0.3 is 9.88 Å². The molecule has 2 rings (SSSR count). The van der Waals surface area contributed by atoms with Gasteiger partial charge in [0.25, 0.3) is 0 Å². The van der Waals surface area contributed by atoms with E-state index in [2.05, 4.69) is 34.6 Å². The summed E-state index contributed by atoms with van der Waals surface area (Å²) in [4.78, 5) is 4.07. The van der Waals surface area contributed by atoms with Crippen molar-refractivity contribution in [3.05, 3.63) is 54.1 Å². The molecular weight excluding hydrogens is 186 g/mol. The third-order valence-corrected chi connectivity index (χ3v) is 2.39. The fraction of sp³-hybridized carbons (Fsp3) is 0.250. The summed E-state index contributed by atoms with van der Waals surface area (Å²) in [5, 5.41) is 3.38. The molecule has 1 aromatic carbocycles. The quantitative estimate of drug-likeness (QED) is 0.816. The summed E-state index contributed by atoms with van der Waals surface area (Å²) < 4.78 is 2.03. The molecule has 1 aromatic heterocycles. The molecule has 0 saturated heterocycles. The molecule has 0 aliphatic rings. The first-order valence-electron chi connectivity index (χ1n) is 5.06. The molecule has 0 unspecified atom stereocenters. The van der Waals surface area contributed by atoms with E-state index in [9.17, 15) is 0 Å². The zero-order valence-electron chi connectivity index (χ0n) is 8.85. The van der Waals surface area contributed by atoms with Crippen molar-refractivity contribution in [2.45, 2.75) is 13.1 Å². The third-order valence-electron chi connectivity index (χ3n) is 2.39. The number of nitrogens with one attached hydrogen (secondary N) is 1. The molecule has 78 valence electrons. The number of aryl methyl sites for hydroxylation is 1. The van der Waals surface area contributed by atoms with Gasteiger partial charge in [0.15, 0.2) is 0 Å². The summed E-state index contributed by atoms with van der Waals surface area (Å²) in [6.45, 7) is 1.75. The van der Waals surface area contributed by atoms with Gasteiger partial charge in [-0.15, -0.1) is 0 Å². The van der Waals surface area contributed by atoms with E-state index in [1.165, 1.54) is 11.3 Å². The average Bonchev–Trinajstić information content (AvgIpc) is 2.66. The van der Waals surface area contributed by atoms with Crippen LogP contribution in [0.3, 0.4) is 0 Å². The van der Waals surface area contributed by atoms with Crippen LogP contribution >= 0.6 is 0 Å². The van der Waals surface area contributed by atoms with Crippen LogP contribution in [0.2, 0.25) is 0 Å². The van der Waals surface area contributed by atoms with Crippen LogP contribution in [-0.4, -0.2) is 9.55 Å². The molecule has 3 nitrogen and oxygen atoms in total. The van der Waals surface area contributed by atoms with Crippen molar-refractivity contribution in [3.8, 4) is 0 Å². The first-order valence-corrected chi connectivity index (χ1v) is 5.06. The molecule has 1 N–H and O–H groups in total. The third kappa shape index (κ3) is 2.67. The van der Waals surface area contributed by atoms with E-state index in [1.54, 1.807) is 0 Å². The molecule has 1 heterocycles. The molecule has 0 radical (unpaired) electrons. The van der Waals surface area contributed by atoms with Gasteiger partial charge in [0.1, 0.15) is 0 Å². The highest BCUT2D eigenvalue weighted by Gasteiger charge is 1.97. The summed E-state index contributed by atoms with van der Waals surface area (Å²) in [6.07, 6.45) is 3.71. The van der Waals surface area contributed by atoms with Gasteiger partial charge in [-0.3, -0.25) is 0 Å². The van der Waals surface area contributed by atoms with Crippen LogP contribution in [0.4, 0.5) is 0 Å². The van der Waals surface area contributed by atoms with Crippen LogP contribution in [0, 0.1) is 0 Å². The van der Waals surface area contributed by atoms with Crippen molar-refractivity contribution >= 4 is 0 Å². The van der Waals surface area contributed by atoms with Gasteiger partial charge in [0, 0.05) is 26.3 Å². The molecular formula is C12H15N3. The Morgan fingerprint density at radius 3 is 2.67 bits per heavy atom. The van der Waals surface area contributed by atoms with Crippen molar-refractivity contribution in [1.29, 1.82) is 0 Å². The van der Waals surface area contributed by atoms with Gasteiger partial charge in [-0.2, -0.15) is 0 Å². The number of nitrogens with zero attached hydrogens (tertiary/aromatic N) is 2. The maximum atomic E-state index is 4.07. The first-order chi connectivity index (χ1) is 7.36. The number of aromatic nitrogens is 2. The molecule has 15 heavy (non-hydrogen) atoms. The summed E-state index contributed by atoms with van der Waals surface area (Å²) in [7, 11) is 2.01.